The summed E-state index contributed by atoms with van der Waals surface area (Å²) in [5.41, 5.74) is 0. The lowest BCUT2D eigenvalue weighted by Gasteiger charge is -2.13. The number of hydrogen-bond donors (Lipinski definition) is 2. The van der Waals surface area contributed by atoms with Crippen molar-refractivity contribution in [2.24, 2.45) is 10.9 Å². The molecule has 0 amide bonds. The first kappa shape index (κ1) is 22.7. The van der Waals surface area contributed by atoms with Gasteiger partial charge in [0.15, 0.2) is 11.1 Å². The van der Waals surface area contributed by atoms with Gasteiger partial charge in [-0.05, 0) is 25.0 Å². The number of aliphatic imine (C=N–C) groups is 1. The second kappa shape index (κ2) is 12.1. The zero-order chi connectivity index (χ0) is 20.4. The smallest absolute Gasteiger partial charge is 0.190 e. The molecule has 0 unspecified atom stereocenters. The summed E-state index contributed by atoms with van der Waals surface area (Å²) < 4.78 is 2.25. The van der Waals surface area contributed by atoms with Crippen molar-refractivity contribution in [1.82, 2.24) is 30.4 Å². The summed E-state index contributed by atoms with van der Waals surface area (Å²) in [5, 5.41) is 17.6. The molecule has 0 aliphatic carbocycles. The van der Waals surface area contributed by atoms with Gasteiger partial charge in [-0.25, -0.2) is 4.98 Å². The van der Waals surface area contributed by atoms with Gasteiger partial charge in [0.1, 0.15) is 5.82 Å². The number of rotatable bonds is 11. The van der Waals surface area contributed by atoms with Crippen LogP contribution in [-0.4, -0.2) is 52.1 Å². The largest absolute Gasteiger partial charge is 0.356 e. The van der Waals surface area contributed by atoms with Gasteiger partial charge in [-0.1, -0.05) is 32.5 Å². The molecule has 9 heteroatoms. The maximum absolute atomic E-state index is 4.46. The Hall–Kier alpha value is -1.61. The molecule has 2 aromatic rings. The van der Waals surface area contributed by atoms with Crippen LogP contribution in [0.15, 0.2) is 16.3 Å². The topological polar surface area (TPSA) is 80.0 Å². The lowest BCUT2D eigenvalue weighted by molar-refractivity contribution is 0.477. The predicted molar refractivity (Wildman–Crippen MR) is 120 cm³/mol. The Labute approximate surface area is 176 Å². The minimum atomic E-state index is 0.577. The van der Waals surface area contributed by atoms with Gasteiger partial charge in [-0.15, -0.1) is 21.5 Å². The molecule has 0 radical (unpaired) electrons. The monoisotopic (exact) mass is 423 g/mol. The van der Waals surface area contributed by atoms with Crippen LogP contribution in [0.2, 0.25) is 0 Å². The van der Waals surface area contributed by atoms with E-state index in [0.29, 0.717) is 5.92 Å². The predicted octanol–water partition coefficient (Wildman–Crippen LogP) is 3.02. The summed E-state index contributed by atoms with van der Waals surface area (Å²) in [7, 11) is 1.80. The van der Waals surface area contributed by atoms with Crippen LogP contribution in [0.4, 0.5) is 0 Å². The molecule has 0 aliphatic rings. The normalized spacial score (nSPS) is 12.0. The van der Waals surface area contributed by atoms with Gasteiger partial charge in [0, 0.05) is 50.6 Å². The second-order valence-corrected chi connectivity index (χ2v) is 8.93. The standard InChI is InChI=1S/C19H33N7S2/c1-6-15-12-23-17(28-15)9-11-22-18(20-4)21-10-7-8-16-24-25-19(27-5)26(16)13-14(2)3/h12,14H,6-11,13H2,1-5H3,(H2,20,21,22). The molecule has 2 rings (SSSR count). The van der Waals surface area contributed by atoms with Crippen molar-refractivity contribution in [2.45, 2.75) is 58.2 Å². The highest BCUT2D eigenvalue weighted by Crippen LogP contribution is 2.16. The SMILES string of the molecule is CCc1cnc(CCNC(=NC)NCCCc2nnc(SC)n2CC(C)C)s1. The highest BCUT2D eigenvalue weighted by atomic mass is 32.2. The summed E-state index contributed by atoms with van der Waals surface area (Å²) in [6, 6.07) is 0. The Morgan fingerprint density at radius 2 is 2.04 bits per heavy atom. The molecule has 156 valence electrons. The van der Waals surface area contributed by atoms with E-state index in [1.165, 1.54) is 9.88 Å². The van der Waals surface area contributed by atoms with Crippen molar-refractivity contribution in [3.63, 3.8) is 0 Å². The third kappa shape index (κ3) is 7.09. The molecule has 2 N–H and O–H groups in total. The summed E-state index contributed by atoms with van der Waals surface area (Å²) in [5.74, 6) is 2.48. The van der Waals surface area contributed by atoms with Crippen LogP contribution in [0.25, 0.3) is 0 Å². The van der Waals surface area contributed by atoms with Crippen LogP contribution < -0.4 is 10.6 Å². The van der Waals surface area contributed by atoms with Gasteiger partial charge >= 0.3 is 0 Å². The first-order chi connectivity index (χ1) is 13.6. The van der Waals surface area contributed by atoms with E-state index in [0.717, 1.165) is 62.3 Å². The molecule has 0 saturated heterocycles. The lowest BCUT2D eigenvalue weighted by atomic mass is 10.2. The fraction of sp³-hybridized carbons (Fsp3) is 0.684. The summed E-state index contributed by atoms with van der Waals surface area (Å²) in [6.45, 7) is 9.25. The maximum atomic E-state index is 4.46. The van der Waals surface area contributed by atoms with Crippen LogP contribution in [0.5, 0.6) is 0 Å². The number of hydrogen-bond acceptors (Lipinski definition) is 6. The average Bonchev–Trinajstić information content (AvgIpc) is 3.30. The van der Waals surface area contributed by atoms with Crippen LogP contribution in [0.1, 0.15) is 42.9 Å². The Bertz CT molecular complexity index is 736. The Morgan fingerprint density at radius 1 is 1.25 bits per heavy atom. The van der Waals surface area contributed by atoms with Gasteiger partial charge in [-0.3, -0.25) is 4.99 Å². The van der Waals surface area contributed by atoms with E-state index in [2.05, 4.69) is 62.4 Å². The molecule has 0 saturated carbocycles. The van der Waals surface area contributed by atoms with Crippen molar-refractivity contribution in [3.8, 4) is 0 Å². The first-order valence-corrected chi connectivity index (χ1v) is 12.0. The highest BCUT2D eigenvalue weighted by Gasteiger charge is 2.12. The van der Waals surface area contributed by atoms with E-state index >= 15 is 0 Å². The van der Waals surface area contributed by atoms with Crippen molar-refractivity contribution in [3.05, 3.63) is 21.9 Å². The van der Waals surface area contributed by atoms with Gasteiger partial charge in [0.2, 0.25) is 0 Å². The van der Waals surface area contributed by atoms with E-state index in [1.54, 1.807) is 30.1 Å². The number of aromatic nitrogens is 4. The molecule has 0 fully saturated rings. The molecule has 2 heterocycles. The third-order valence-corrected chi connectivity index (χ3v) is 6.07. The molecule has 2 aromatic heterocycles. The molecule has 0 bridgehead atoms. The van der Waals surface area contributed by atoms with Crippen LogP contribution in [-0.2, 0) is 25.8 Å². The van der Waals surface area contributed by atoms with Crippen LogP contribution >= 0.6 is 23.1 Å². The second-order valence-electron chi connectivity index (χ2n) is 6.96. The van der Waals surface area contributed by atoms with Crippen molar-refractivity contribution in [2.75, 3.05) is 26.4 Å². The first-order valence-electron chi connectivity index (χ1n) is 9.91. The van der Waals surface area contributed by atoms with E-state index in [1.807, 2.05) is 6.20 Å². The van der Waals surface area contributed by atoms with E-state index in [4.69, 9.17) is 0 Å². The molecule has 0 spiro atoms. The molecule has 0 aliphatic heterocycles. The summed E-state index contributed by atoms with van der Waals surface area (Å²) >= 11 is 3.45. The van der Waals surface area contributed by atoms with Gasteiger partial charge in [0.25, 0.3) is 0 Å². The van der Waals surface area contributed by atoms with Gasteiger partial charge < -0.3 is 15.2 Å². The maximum Gasteiger partial charge on any atom is 0.190 e. The molecule has 28 heavy (non-hydrogen) atoms. The van der Waals surface area contributed by atoms with Crippen molar-refractivity contribution < 1.29 is 0 Å². The molecular formula is C19H33N7S2. The Kier molecular flexibility index (Phi) is 9.77. The fourth-order valence-electron chi connectivity index (χ4n) is 2.79. The minimum absolute atomic E-state index is 0.577. The number of guanidine groups is 1. The quantitative estimate of drug-likeness (QED) is 0.250. The molecular weight excluding hydrogens is 390 g/mol. The number of nitrogens with one attached hydrogen (secondary N) is 2. The van der Waals surface area contributed by atoms with Gasteiger partial charge in [0.05, 0.1) is 5.01 Å². The summed E-state index contributed by atoms with van der Waals surface area (Å²) in [6.07, 6.45) is 7.89. The molecule has 7 nitrogen and oxygen atoms in total. The zero-order valence-electron chi connectivity index (χ0n) is 17.7. The minimum Gasteiger partial charge on any atom is -0.356 e. The number of thiazole rings is 1. The summed E-state index contributed by atoms with van der Waals surface area (Å²) in [4.78, 5) is 10.1. The van der Waals surface area contributed by atoms with Crippen molar-refractivity contribution >= 4 is 29.1 Å². The zero-order valence-corrected chi connectivity index (χ0v) is 19.3. The van der Waals surface area contributed by atoms with E-state index in [-0.39, 0.29) is 0 Å². The fourth-order valence-corrected chi connectivity index (χ4v) is 4.18. The highest BCUT2D eigenvalue weighted by molar-refractivity contribution is 7.98. The lowest BCUT2D eigenvalue weighted by Crippen LogP contribution is -2.38. The van der Waals surface area contributed by atoms with E-state index in [9.17, 15) is 0 Å². The van der Waals surface area contributed by atoms with Crippen LogP contribution in [0, 0.1) is 5.92 Å². The molecule has 0 aromatic carbocycles. The Morgan fingerprint density at radius 3 is 2.68 bits per heavy atom. The van der Waals surface area contributed by atoms with Gasteiger partial charge in [-0.2, -0.15) is 0 Å². The van der Waals surface area contributed by atoms with Crippen LogP contribution in [0.3, 0.4) is 0 Å². The van der Waals surface area contributed by atoms with Crippen molar-refractivity contribution in [1.29, 1.82) is 0 Å². The molecule has 0 atom stereocenters. The average molecular weight is 424 g/mol. The number of thioether (sulfide) groups is 1. The number of aryl methyl sites for hydroxylation is 2. The Balaban J connectivity index is 1.72. The number of nitrogens with zero attached hydrogens (tertiary/aromatic N) is 5. The third-order valence-electron chi connectivity index (χ3n) is 4.20. The van der Waals surface area contributed by atoms with E-state index < -0.39 is 0 Å².